The zero-order chi connectivity index (χ0) is 22.1. The molecule has 7 heteroatoms. The minimum atomic E-state index is -0.477. The number of benzene rings is 1. The van der Waals surface area contributed by atoms with Crippen LogP contribution in [0, 0.1) is 11.3 Å². The van der Waals surface area contributed by atoms with Crippen LogP contribution >= 0.6 is 11.6 Å². The average Bonchev–Trinajstić information content (AvgIpc) is 3.10. The topological polar surface area (TPSA) is 83.1 Å². The molecular weight excluding hydrogens is 404 g/mol. The van der Waals surface area contributed by atoms with Gasteiger partial charge in [0.2, 0.25) is 0 Å². The number of amidine groups is 1. The molecule has 1 aliphatic heterocycles. The molecule has 3 unspecified atom stereocenters. The summed E-state index contributed by atoms with van der Waals surface area (Å²) in [5.74, 6) is 1.63. The molecule has 0 bridgehead atoms. The van der Waals surface area contributed by atoms with Crippen molar-refractivity contribution in [3.63, 3.8) is 0 Å². The van der Waals surface area contributed by atoms with Gasteiger partial charge in [0.25, 0.3) is 0 Å². The van der Waals surface area contributed by atoms with E-state index in [0.29, 0.717) is 23.5 Å². The molecule has 0 spiro atoms. The van der Waals surface area contributed by atoms with Crippen molar-refractivity contribution < 1.29 is 19.1 Å². The van der Waals surface area contributed by atoms with Crippen LogP contribution in [0.3, 0.4) is 0 Å². The van der Waals surface area contributed by atoms with Gasteiger partial charge in [0, 0.05) is 5.56 Å². The highest BCUT2D eigenvalue weighted by atomic mass is 35.5. The molecule has 0 fully saturated rings. The molecule has 2 aliphatic rings. The number of fused-ring (bicyclic) bond motifs is 1. The number of rotatable bonds is 6. The van der Waals surface area contributed by atoms with Crippen molar-refractivity contribution >= 4 is 23.4 Å². The highest BCUT2D eigenvalue weighted by Crippen LogP contribution is 2.50. The Bertz CT molecular complexity index is 979. The first-order valence-electron chi connectivity index (χ1n) is 9.89. The van der Waals surface area contributed by atoms with Gasteiger partial charge < -0.3 is 20.0 Å². The van der Waals surface area contributed by atoms with Gasteiger partial charge in [-0.25, -0.2) is 4.79 Å². The number of methoxy groups -OCH3 is 1. The van der Waals surface area contributed by atoms with Crippen molar-refractivity contribution in [2.45, 2.75) is 40.2 Å². The van der Waals surface area contributed by atoms with Crippen molar-refractivity contribution in [2.24, 2.45) is 22.2 Å². The van der Waals surface area contributed by atoms with Gasteiger partial charge in [-0.15, -0.1) is 0 Å². The molecule has 0 aromatic heterocycles. The normalized spacial score (nSPS) is 24.1. The Labute approximate surface area is 182 Å². The number of nitrogens with two attached hydrogens (primary N) is 1. The summed E-state index contributed by atoms with van der Waals surface area (Å²) in [6.07, 6.45) is 6.68. The predicted molar refractivity (Wildman–Crippen MR) is 117 cm³/mol. The van der Waals surface area contributed by atoms with Gasteiger partial charge in [0.15, 0.2) is 11.9 Å². The summed E-state index contributed by atoms with van der Waals surface area (Å²) in [7, 11) is 1.31. The van der Waals surface area contributed by atoms with Crippen LogP contribution < -0.4 is 5.73 Å². The van der Waals surface area contributed by atoms with Gasteiger partial charge in [-0.1, -0.05) is 42.8 Å². The van der Waals surface area contributed by atoms with E-state index in [1.165, 1.54) is 13.2 Å². The smallest absolute Gasteiger partial charge is 0.337 e. The maximum Gasteiger partial charge on any atom is 0.337 e. The molecule has 2 N–H and O–H groups in total. The van der Waals surface area contributed by atoms with Crippen LogP contribution in [0.2, 0.25) is 5.02 Å². The van der Waals surface area contributed by atoms with Gasteiger partial charge in [0.05, 0.1) is 23.1 Å². The summed E-state index contributed by atoms with van der Waals surface area (Å²) in [5, 5.41) is 4.37. The number of oxime groups is 1. The predicted octanol–water partition coefficient (Wildman–Crippen LogP) is 4.94. The Kier molecular flexibility index (Phi) is 6.27. The number of nitrogens with zero attached hydrogens (tertiary/aromatic N) is 1. The Balaban J connectivity index is 1.80. The molecule has 3 rings (SSSR count). The fourth-order valence-corrected chi connectivity index (χ4v) is 3.93. The number of carbonyl (C=O) groups excluding carboxylic acids is 1. The number of esters is 1. The molecule has 1 aromatic rings. The van der Waals surface area contributed by atoms with Gasteiger partial charge in [-0.2, -0.15) is 0 Å². The lowest BCUT2D eigenvalue weighted by Crippen LogP contribution is -2.25. The van der Waals surface area contributed by atoms with Crippen LogP contribution in [-0.4, -0.2) is 25.0 Å². The van der Waals surface area contributed by atoms with E-state index in [-0.39, 0.29) is 22.4 Å². The molecule has 0 radical (unpaired) electrons. The second-order valence-corrected chi connectivity index (χ2v) is 8.16. The van der Waals surface area contributed by atoms with Crippen LogP contribution in [0.4, 0.5) is 0 Å². The zero-order valence-electron chi connectivity index (χ0n) is 17.9. The zero-order valence-corrected chi connectivity index (χ0v) is 18.6. The molecule has 1 heterocycles. The standard InChI is InChI=1S/C23H27ClN2O4/c1-6-18(19-12-23(4)14(3)8-7-13(2)20(23)29-19)30-26-21(25)16-10-9-15(11-17(16)24)22(27)28-5/h7-12,14,18H,6H2,1-5H3,(H2,25,26). The molecule has 3 atom stereocenters. The second kappa shape index (κ2) is 8.56. The Hall–Kier alpha value is -2.73. The van der Waals surface area contributed by atoms with Crippen molar-refractivity contribution in [3.8, 4) is 0 Å². The summed E-state index contributed by atoms with van der Waals surface area (Å²) in [6, 6.07) is 4.67. The first kappa shape index (κ1) is 22.0. The molecule has 30 heavy (non-hydrogen) atoms. The van der Waals surface area contributed by atoms with Gasteiger partial charge in [-0.05, 0) is 56.0 Å². The van der Waals surface area contributed by atoms with E-state index in [4.69, 9.17) is 31.6 Å². The first-order valence-corrected chi connectivity index (χ1v) is 10.3. The minimum Gasteiger partial charge on any atom is -0.465 e. The highest BCUT2D eigenvalue weighted by Gasteiger charge is 2.44. The Morgan fingerprint density at radius 1 is 1.43 bits per heavy atom. The lowest BCUT2D eigenvalue weighted by molar-refractivity contribution is 0.0456. The van der Waals surface area contributed by atoms with Crippen molar-refractivity contribution in [1.29, 1.82) is 0 Å². The number of allylic oxidation sites excluding steroid dienone is 4. The van der Waals surface area contributed by atoms with Gasteiger partial charge >= 0.3 is 5.97 Å². The Morgan fingerprint density at radius 2 is 2.17 bits per heavy atom. The number of carbonyl (C=O) groups is 1. The number of hydrogen-bond donors (Lipinski definition) is 1. The van der Waals surface area contributed by atoms with Crippen LogP contribution in [0.5, 0.6) is 0 Å². The molecular formula is C23H27ClN2O4. The molecule has 6 nitrogen and oxygen atoms in total. The Morgan fingerprint density at radius 3 is 2.77 bits per heavy atom. The van der Waals surface area contributed by atoms with Crippen LogP contribution in [-0.2, 0) is 14.3 Å². The molecule has 0 saturated heterocycles. The first-order chi connectivity index (χ1) is 14.2. The fourth-order valence-electron chi connectivity index (χ4n) is 3.65. The molecule has 1 aromatic carbocycles. The van der Waals surface area contributed by atoms with Crippen molar-refractivity contribution in [1.82, 2.24) is 0 Å². The summed E-state index contributed by atoms with van der Waals surface area (Å²) < 4.78 is 10.9. The monoisotopic (exact) mass is 430 g/mol. The maximum atomic E-state index is 11.6. The minimum absolute atomic E-state index is 0.113. The summed E-state index contributed by atoms with van der Waals surface area (Å²) in [5.41, 5.74) is 7.80. The third kappa shape index (κ3) is 3.97. The van der Waals surface area contributed by atoms with E-state index in [9.17, 15) is 4.79 Å². The van der Waals surface area contributed by atoms with E-state index >= 15 is 0 Å². The lowest BCUT2D eigenvalue weighted by atomic mass is 9.73. The van der Waals surface area contributed by atoms with Crippen molar-refractivity contribution in [2.75, 3.05) is 7.11 Å². The van der Waals surface area contributed by atoms with E-state index in [1.54, 1.807) is 12.1 Å². The SMILES string of the molecule is CCC(O/N=C(\N)c1ccc(C(=O)OC)cc1Cl)C1=CC2(C)C(=C(C)C=CC2C)O1. The number of halogens is 1. The molecule has 160 valence electrons. The van der Waals surface area contributed by atoms with E-state index in [2.05, 4.69) is 37.2 Å². The summed E-state index contributed by atoms with van der Waals surface area (Å²) in [6.45, 7) is 8.38. The number of ether oxygens (including phenoxy) is 2. The fraction of sp³-hybridized carbons (Fsp3) is 0.391. The average molecular weight is 431 g/mol. The molecule has 1 aliphatic carbocycles. The van der Waals surface area contributed by atoms with Gasteiger partial charge in [0.1, 0.15) is 11.5 Å². The third-order valence-electron chi connectivity index (χ3n) is 5.72. The summed E-state index contributed by atoms with van der Waals surface area (Å²) in [4.78, 5) is 17.4. The third-order valence-corrected chi connectivity index (χ3v) is 6.04. The van der Waals surface area contributed by atoms with Crippen LogP contribution in [0.25, 0.3) is 0 Å². The highest BCUT2D eigenvalue weighted by molar-refractivity contribution is 6.34. The van der Waals surface area contributed by atoms with Crippen LogP contribution in [0.1, 0.15) is 50.0 Å². The maximum absolute atomic E-state index is 11.6. The van der Waals surface area contributed by atoms with Crippen molar-refractivity contribution in [3.05, 3.63) is 69.7 Å². The quantitative estimate of drug-likeness (QED) is 0.299. The summed E-state index contributed by atoms with van der Waals surface area (Å²) >= 11 is 6.26. The van der Waals surface area contributed by atoms with Gasteiger partial charge in [-0.3, -0.25) is 0 Å². The van der Waals surface area contributed by atoms with E-state index in [0.717, 1.165) is 17.1 Å². The number of hydrogen-bond acceptors (Lipinski definition) is 5. The van der Waals surface area contributed by atoms with E-state index < -0.39 is 5.97 Å². The second-order valence-electron chi connectivity index (χ2n) is 7.76. The molecule has 0 amide bonds. The molecule has 0 saturated carbocycles. The van der Waals surface area contributed by atoms with E-state index in [1.807, 2.05) is 13.8 Å². The largest absolute Gasteiger partial charge is 0.465 e. The van der Waals surface area contributed by atoms with Crippen LogP contribution in [0.15, 0.2) is 58.7 Å². The lowest BCUT2D eigenvalue weighted by Gasteiger charge is -2.31.